The lowest BCUT2D eigenvalue weighted by atomic mass is 10.0. The number of anilines is 1. The average Bonchev–Trinajstić information content (AvgIpc) is 3.53. The molecule has 294 valence electrons. The summed E-state index contributed by atoms with van der Waals surface area (Å²) >= 11 is 6.72. The Morgan fingerprint density at radius 2 is 1.64 bits per heavy atom. The van der Waals surface area contributed by atoms with E-state index in [2.05, 4.69) is 74.1 Å². The number of pyridine rings is 2. The summed E-state index contributed by atoms with van der Waals surface area (Å²) in [5.41, 5.74) is 8.00. The zero-order chi connectivity index (χ0) is 39.0. The van der Waals surface area contributed by atoms with E-state index < -0.39 is 0 Å². The summed E-state index contributed by atoms with van der Waals surface area (Å²) in [6.45, 7) is 12.0. The Morgan fingerprint density at radius 3 is 2.41 bits per heavy atom. The maximum absolute atomic E-state index is 13.6. The Kier molecular flexibility index (Phi) is 12.9. The molecule has 0 atom stereocenters. The summed E-state index contributed by atoms with van der Waals surface area (Å²) < 4.78 is 7.50. The van der Waals surface area contributed by atoms with Crippen LogP contribution in [-0.4, -0.2) is 93.8 Å². The fraction of sp³-hybridized carbons (Fsp3) is 0.419. The van der Waals surface area contributed by atoms with Gasteiger partial charge < -0.3 is 25.6 Å². The molecule has 13 heteroatoms. The number of fused-ring (bicyclic) bond motifs is 1. The molecule has 2 fully saturated rings. The lowest BCUT2D eigenvalue weighted by Crippen LogP contribution is -2.30. The summed E-state index contributed by atoms with van der Waals surface area (Å²) in [4.78, 5) is 41.3. The normalized spacial score (nSPS) is 15.8. The van der Waals surface area contributed by atoms with Gasteiger partial charge in [-0.2, -0.15) is 5.10 Å². The highest BCUT2D eigenvalue weighted by Gasteiger charge is 2.23. The van der Waals surface area contributed by atoms with E-state index in [1.807, 2.05) is 36.0 Å². The van der Waals surface area contributed by atoms with Crippen LogP contribution in [0.4, 0.5) is 5.69 Å². The van der Waals surface area contributed by atoms with E-state index in [4.69, 9.17) is 21.3 Å². The largest absolute Gasteiger partial charge is 0.381 e. The molecule has 3 aromatic heterocycles. The molecule has 2 aliphatic heterocycles. The van der Waals surface area contributed by atoms with Gasteiger partial charge >= 0.3 is 0 Å². The molecule has 7 rings (SSSR count). The lowest BCUT2D eigenvalue weighted by Gasteiger charge is -2.26. The van der Waals surface area contributed by atoms with Gasteiger partial charge in [-0.3, -0.25) is 14.5 Å². The van der Waals surface area contributed by atoms with Crippen molar-refractivity contribution in [1.29, 1.82) is 0 Å². The van der Waals surface area contributed by atoms with Gasteiger partial charge in [-0.1, -0.05) is 48.9 Å². The predicted octanol–water partition coefficient (Wildman–Crippen LogP) is 6.32. The van der Waals surface area contributed by atoms with Crippen LogP contribution in [0.15, 0.2) is 66.9 Å². The van der Waals surface area contributed by atoms with Crippen molar-refractivity contribution in [3.8, 4) is 11.1 Å². The quantitative estimate of drug-likeness (QED) is 0.126. The van der Waals surface area contributed by atoms with Gasteiger partial charge in [0.15, 0.2) is 5.65 Å². The first kappa shape index (κ1) is 39.4. The molecular formula is C43H52ClN9O3. The summed E-state index contributed by atoms with van der Waals surface area (Å²) in [5, 5.41) is 15.9. The van der Waals surface area contributed by atoms with Crippen molar-refractivity contribution in [3.05, 3.63) is 106 Å². The number of benzene rings is 2. The van der Waals surface area contributed by atoms with Crippen molar-refractivity contribution in [3.63, 3.8) is 0 Å². The topological polar surface area (TPSA) is 130 Å². The summed E-state index contributed by atoms with van der Waals surface area (Å²) in [7, 11) is 2.18. The Balaban J connectivity index is 1.01. The van der Waals surface area contributed by atoms with E-state index in [1.54, 1.807) is 18.2 Å². The summed E-state index contributed by atoms with van der Waals surface area (Å²) in [6, 6.07) is 19.5. The van der Waals surface area contributed by atoms with Gasteiger partial charge in [0.05, 0.1) is 17.3 Å². The Labute approximate surface area is 334 Å². The minimum absolute atomic E-state index is 0.156. The third-order valence-corrected chi connectivity index (χ3v) is 11.1. The molecule has 5 heterocycles. The van der Waals surface area contributed by atoms with Gasteiger partial charge in [0.2, 0.25) is 0 Å². The molecule has 0 spiro atoms. The Morgan fingerprint density at radius 1 is 0.875 bits per heavy atom. The smallest absolute Gasteiger partial charge is 0.270 e. The first-order valence-corrected chi connectivity index (χ1v) is 20.2. The van der Waals surface area contributed by atoms with E-state index in [1.165, 1.54) is 12.0 Å². The van der Waals surface area contributed by atoms with Crippen molar-refractivity contribution in [2.45, 2.75) is 71.8 Å². The number of amides is 2. The summed E-state index contributed by atoms with van der Waals surface area (Å²) in [5.74, 6) is -0.754. The number of carbonyl (C=O) groups is 2. The molecule has 56 heavy (non-hydrogen) atoms. The van der Waals surface area contributed by atoms with Crippen molar-refractivity contribution < 1.29 is 14.3 Å². The third kappa shape index (κ3) is 9.38. The first-order chi connectivity index (χ1) is 27.3. The van der Waals surface area contributed by atoms with Crippen LogP contribution in [0.3, 0.4) is 0 Å². The van der Waals surface area contributed by atoms with Gasteiger partial charge in [0, 0.05) is 80.4 Å². The van der Waals surface area contributed by atoms with E-state index in [-0.39, 0.29) is 42.3 Å². The number of aryl methyl sites for hydroxylation is 2. The third-order valence-electron chi connectivity index (χ3n) is 10.8. The van der Waals surface area contributed by atoms with Crippen molar-refractivity contribution in [2.24, 2.45) is 0 Å². The molecule has 12 nitrogen and oxygen atoms in total. The SMILES string of the molecule is CCc1nc2c(cnn2CC)c(NC2CCOCC2)c1CNC(=O)c1cccc(C(=O)NCc2ccc(Cl)c(-c3cccc(CN4CCCN(C)CC4)c3)c2)n1. The highest BCUT2D eigenvalue weighted by Crippen LogP contribution is 2.32. The van der Waals surface area contributed by atoms with Crippen molar-refractivity contribution in [1.82, 2.24) is 40.2 Å². The number of rotatable bonds is 13. The number of carbonyl (C=O) groups excluding carboxylic acids is 2. The molecule has 5 aromatic rings. The average molecular weight is 778 g/mol. The molecule has 2 saturated heterocycles. The second-order valence-electron chi connectivity index (χ2n) is 14.7. The minimum Gasteiger partial charge on any atom is -0.381 e. The zero-order valence-electron chi connectivity index (χ0n) is 32.6. The summed E-state index contributed by atoms with van der Waals surface area (Å²) in [6.07, 6.45) is 5.48. The van der Waals surface area contributed by atoms with Crippen LogP contribution in [0.5, 0.6) is 0 Å². The van der Waals surface area contributed by atoms with Crippen LogP contribution in [0.2, 0.25) is 5.02 Å². The van der Waals surface area contributed by atoms with Crippen LogP contribution in [-0.2, 0) is 37.3 Å². The first-order valence-electron chi connectivity index (χ1n) is 19.8. The van der Waals surface area contributed by atoms with Gasteiger partial charge in [-0.15, -0.1) is 0 Å². The standard InChI is InChI=1S/C43H52ClN9O3/c1-4-37-34(40(48-32-15-21-56-22-16-32)35-27-47-53(5-2)41(35)50-37)26-46-43(55)39-12-7-11-38(49-39)42(54)45-25-29-13-14-36(44)33(24-29)31-10-6-9-30(23-31)28-52-18-8-17-51(3)19-20-52/h6-7,9-14,23-24,27,32H,4-5,8,15-22,25-26,28H2,1-3H3,(H,45,54)(H,46,55)(H,48,50). The molecule has 0 radical (unpaired) electrons. The van der Waals surface area contributed by atoms with Crippen LogP contribution in [0.25, 0.3) is 22.2 Å². The van der Waals surface area contributed by atoms with E-state index in [9.17, 15) is 9.59 Å². The van der Waals surface area contributed by atoms with Crippen LogP contribution >= 0.6 is 11.6 Å². The van der Waals surface area contributed by atoms with Crippen LogP contribution < -0.4 is 16.0 Å². The number of hydrogen-bond donors (Lipinski definition) is 3. The number of nitrogens with one attached hydrogen (secondary N) is 3. The molecule has 2 aromatic carbocycles. The predicted molar refractivity (Wildman–Crippen MR) is 221 cm³/mol. The highest BCUT2D eigenvalue weighted by atomic mass is 35.5. The molecule has 2 amide bonds. The van der Waals surface area contributed by atoms with Gasteiger partial charge in [0.25, 0.3) is 11.8 Å². The number of hydrogen-bond acceptors (Lipinski definition) is 9. The number of aromatic nitrogens is 4. The van der Waals surface area contributed by atoms with E-state index in [0.717, 1.165) is 90.2 Å². The van der Waals surface area contributed by atoms with Gasteiger partial charge in [-0.25, -0.2) is 14.6 Å². The number of likely N-dealkylation sites (N-methyl/N-ethyl adjacent to an activating group) is 1. The maximum atomic E-state index is 13.6. The number of ether oxygens (including phenoxy) is 1. The molecule has 0 saturated carbocycles. The van der Waals surface area contributed by atoms with Gasteiger partial charge in [0.1, 0.15) is 11.4 Å². The zero-order valence-corrected chi connectivity index (χ0v) is 33.4. The molecule has 0 unspecified atom stereocenters. The van der Waals surface area contributed by atoms with Gasteiger partial charge in [-0.05, 0) is 99.8 Å². The monoisotopic (exact) mass is 777 g/mol. The number of halogens is 1. The molecule has 2 aliphatic rings. The Hall–Kier alpha value is -4.88. The van der Waals surface area contributed by atoms with Crippen LogP contribution in [0, 0.1) is 0 Å². The van der Waals surface area contributed by atoms with Crippen molar-refractivity contribution >= 4 is 40.1 Å². The second kappa shape index (κ2) is 18.4. The van der Waals surface area contributed by atoms with E-state index in [0.29, 0.717) is 31.2 Å². The lowest BCUT2D eigenvalue weighted by molar-refractivity contribution is 0.0904. The fourth-order valence-electron chi connectivity index (χ4n) is 7.58. The molecule has 3 N–H and O–H groups in total. The van der Waals surface area contributed by atoms with Crippen LogP contribution in [0.1, 0.15) is 76.5 Å². The maximum Gasteiger partial charge on any atom is 0.270 e. The van der Waals surface area contributed by atoms with E-state index >= 15 is 0 Å². The number of nitrogens with zero attached hydrogens (tertiary/aromatic N) is 6. The highest BCUT2D eigenvalue weighted by molar-refractivity contribution is 6.33. The molecular weight excluding hydrogens is 726 g/mol. The fourth-order valence-corrected chi connectivity index (χ4v) is 7.80. The van der Waals surface area contributed by atoms with Crippen molar-refractivity contribution in [2.75, 3.05) is 51.8 Å². The Bertz CT molecular complexity index is 2170. The minimum atomic E-state index is -0.379. The molecule has 0 bridgehead atoms. The second-order valence-corrected chi connectivity index (χ2v) is 15.1. The molecule has 0 aliphatic carbocycles.